The second-order valence-corrected chi connectivity index (χ2v) is 6.65. The van der Waals surface area contributed by atoms with Crippen LogP contribution in [0.4, 0.5) is 5.69 Å². The van der Waals surface area contributed by atoms with Crippen LogP contribution < -0.4 is 5.73 Å². The monoisotopic (exact) mass is 295 g/mol. The molecule has 0 bridgehead atoms. The van der Waals surface area contributed by atoms with Crippen LogP contribution in [-0.4, -0.2) is 35.0 Å². The molecule has 0 aliphatic heterocycles. The lowest BCUT2D eigenvalue weighted by molar-refractivity contribution is 0.457. The Morgan fingerprint density at radius 1 is 1.35 bits per heavy atom. The Morgan fingerprint density at radius 2 is 2.05 bits per heavy atom. The molecule has 0 aliphatic rings. The lowest BCUT2D eigenvalue weighted by Crippen LogP contribution is -2.27. The van der Waals surface area contributed by atoms with Crippen LogP contribution in [0.3, 0.4) is 0 Å². The number of aromatic nitrogens is 3. The Morgan fingerprint density at radius 3 is 2.60 bits per heavy atom. The fourth-order valence-corrected chi connectivity index (χ4v) is 3.03. The van der Waals surface area contributed by atoms with E-state index >= 15 is 0 Å². The van der Waals surface area contributed by atoms with Gasteiger partial charge >= 0.3 is 0 Å². The number of hydrogen-bond acceptors (Lipinski definition) is 5. The van der Waals surface area contributed by atoms with Gasteiger partial charge in [-0.3, -0.25) is 5.10 Å². The molecular weight excluding hydrogens is 278 g/mol. The van der Waals surface area contributed by atoms with E-state index in [1.807, 2.05) is 6.92 Å². The maximum Gasteiger partial charge on any atom is 0.245 e. The molecule has 0 unspecified atom stereocenters. The molecule has 0 radical (unpaired) electrons. The Hall–Kier alpha value is -1.93. The van der Waals surface area contributed by atoms with Crippen LogP contribution in [0, 0.1) is 13.8 Å². The molecule has 3 N–H and O–H groups in total. The summed E-state index contributed by atoms with van der Waals surface area (Å²) < 4.78 is 26.1. The number of hydrogen-bond donors (Lipinski definition) is 2. The van der Waals surface area contributed by atoms with Crippen molar-refractivity contribution in [2.45, 2.75) is 25.3 Å². The smallest absolute Gasteiger partial charge is 0.245 e. The van der Waals surface area contributed by atoms with Crippen molar-refractivity contribution < 1.29 is 8.42 Å². The first-order valence-electron chi connectivity index (χ1n) is 6.01. The molecule has 0 saturated heterocycles. The van der Waals surface area contributed by atoms with Gasteiger partial charge in [0.05, 0.1) is 12.2 Å². The average molecular weight is 295 g/mol. The summed E-state index contributed by atoms with van der Waals surface area (Å²) in [5, 5.41) is 6.60. The van der Waals surface area contributed by atoms with Gasteiger partial charge in [-0.2, -0.15) is 9.40 Å². The van der Waals surface area contributed by atoms with Crippen molar-refractivity contribution in [3.63, 3.8) is 0 Å². The SMILES string of the molecule is Cc1ccc(S(=O)(=O)N(C)Cc2n[nH]c(C)n2)c(N)c1. The van der Waals surface area contributed by atoms with Crippen LogP contribution in [0.15, 0.2) is 23.1 Å². The van der Waals surface area contributed by atoms with Gasteiger partial charge in [-0.05, 0) is 31.5 Å². The number of nitrogens with zero attached hydrogens (tertiary/aromatic N) is 3. The van der Waals surface area contributed by atoms with Crippen molar-refractivity contribution in [1.29, 1.82) is 0 Å². The van der Waals surface area contributed by atoms with Crippen LogP contribution in [0.5, 0.6) is 0 Å². The third-order valence-corrected chi connectivity index (χ3v) is 4.74. The van der Waals surface area contributed by atoms with E-state index in [-0.39, 0.29) is 17.1 Å². The Balaban J connectivity index is 2.29. The van der Waals surface area contributed by atoms with E-state index < -0.39 is 10.0 Å². The normalized spacial score (nSPS) is 12.0. The van der Waals surface area contributed by atoms with Crippen LogP contribution in [0.1, 0.15) is 17.2 Å². The Bertz CT molecular complexity index is 723. The summed E-state index contributed by atoms with van der Waals surface area (Å²) in [4.78, 5) is 4.19. The Kier molecular flexibility index (Phi) is 3.78. The molecule has 0 fully saturated rings. The van der Waals surface area contributed by atoms with E-state index in [2.05, 4.69) is 15.2 Å². The highest BCUT2D eigenvalue weighted by atomic mass is 32.2. The summed E-state index contributed by atoms with van der Waals surface area (Å²) in [5.41, 5.74) is 6.95. The van der Waals surface area contributed by atoms with E-state index in [0.29, 0.717) is 11.6 Å². The zero-order valence-electron chi connectivity index (χ0n) is 11.6. The number of sulfonamides is 1. The quantitative estimate of drug-likeness (QED) is 0.813. The highest BCUT2D eigenvalue weighted by molar-refractivity contribution is 7.89. The van der Waals surface area contributed by atoms with Crippen molar-refractivity contribution in [3.05, 3.63) is 35.4 Å². The van der Waals surface area contributed by atoms with Crippen LogP contribution >= 0.6 is 0 Å². The molecule has 2 rings (SSSR count). The topological polar surface area (TPSA) is 105 Å². The van der Waals surface area contributed by atoms with E-state index in [1.54, 1.807) is 19.1 Å². The summed E-state index contributed by atoms with van der Waals surface area (Å²) in [6.07, 6.45) is 0. The maximum absolute atomic E-state index is 12.5. The largest absolute Gasteiger partial charge is 0.398 e. The fraction of sp³-hybridized carbons (Fsp3) is 0.333. The van der Waals surface area contributed by atoms with E-state index in [9.17, 15) is 8.42 Å². The molecule has 0 amide bonds. The molecule has 2 aromatic rings. The number of rotatable bonds is 4. The molecule has 0 saturated carbocycles. The summed E-state index contributed by atoms with van der Waals surface area (Å²) in [6, 6.07) is 4.87. The molecule has 8 heteroatoms. The zero-order chi connectivity index (χ0) is 14.9. The van der Waals surface area contributed by atoms with Crippen LogP contribution in [0.2, 0.25) is 0 Å². The number of nitrogen functional groups attached to an aromatic ring is 1. The second kappa shape index (κ2) is 5.22. The number of H-pyrrole nitrogens is 1. The first kappa shape index (κ1) is 14.5. The molecule has 1 aromatic carbocycles. The third kappa shape index (κ3) is 2.81. The van der Waals surface area contributed by atoms with Gasteiger partial charge in [-0.1, -0.05) is 6.07 Å². The minimum absolute atomic E-state index is 0.0833. The first-order chi connectivity index (χ1) is 9.30. The number of nitrogens with one attached hydrogen (secondary N) is 1. The predicted molar refractivity (Wildman–Crippen MR) is 75.4 cm³/mol. The predicted octanol–water partition coefficient (Wildman–Crippen LogP) is 0.824. The van der Waals surface area contributed by atoms with Gasteiger partial charge in [-0.15, -0.1) is 0 Å². The van der Waals surface area contributed by atoms with Gasteiger partial charge in [-0.25, -0.2) is 13.4 Å². The van der Waals surface area contributed by atoms with Crippen molar-refractivity contribution in [2.75, 3.05) is 12.8 Å². The zero-order valence-corrected chi connectivity index (χ0v) is 12.4. The van der Waals surface area contributed by atoms with Crippen molar-refractivity contribution >= 4 is 15.7 Å². The number of nitrogens with two attached hydrogens (primary N) is 1. The summed E-state index contributed by atoms with van der Waals surface area (Å²) in [5.74, 6) is 1.06. The minimum atomic E-state index is -3.66. The molecular formula is C12H17N5O2S. The second-order valence-electron chi connectivity index (χ2n) is 4.64. The third-order valence-electron chi connectivity index (χ3n) is 2.86. The maximum atomic E-state index is 12.5. The van der Waals surface area contributed by atoms with Crippen molar-refractivity contribution in [2.24, 2.45) is 0 Å². The van der Waals surface area contributed by atoms with Crippen LogP contribution in [-0.2, 0) is 16.6 Å². The minimum Gasteiger partial charge on any atom is -0.398 e. The number of aromatic amines is 1. The van der Waals surface area contributed by atoms with Gasteiger partial charge in [0, 0.05) is 7.05 Å². The van der Waals surface area contributed by atoms with E-state index in [0.717, 1.165) is 5.56 Å². The Labute approximate surface area is 117 Å². The van der Waals surface area contributed by atoms with Gasteiger partial charge in [0.2, 0.25) is 10.0 Å². The van der Waals surface area contributed by atoms with Crippen molar-refractivity contribution in [1.82, 2.24) is 19.5 Å². The number of anilines is 1. The molecule has 1 aromatic heterocycles. The summed E-state index contributed by atoms with van der Waals surface area (Å²) in [7, 11) is -2.19. The highest BCUT2D eigenvalue weighted by Crippen LogP contribution is 2.23. The molecule has 108 valence electrons. The molecule has 7 nitrogen and oxygen atoms in total. The lowest BCUT2D eigenvalue weighted by atomic mass is 10.2. The van der Waals surface area contributed by atoms with Gasteiger partial charge < -0.3 is 5.73 Å². The lowest BCUT2D eigenvalue weighted by Gasteiger charge is -2.17. The van der Waals surface area contributed by atoms with Crippen LogP contribution in [0.25, 0.3) is 0 Å². The number of aryl methyl sites for hydroxylation is 2. The molecule has 0 spiro atoms. The van der Waals surface area contributed by atoms with Crippen molar-refractivity contribution in [3.8, 4) is 0 Å². The number of benzene rings is 1. The summed E-state index contributed by atoms with van der Waals surface area (Å²) >= 11 is 0. The molecule has 0 atom stereocenters. The summed E-state index contributed by atoms with van der Waals surface area (Å²) in [6.45, 7) is 3.69. The van der Waals surface area contributed by atoms with Gasteiger partial charge in [0.1, 0.15) is 10.7 Å². The average Bonchev–Trinajstić information content (AvgIpc) is 2.74. The molecule has 20 heavy (non-hydrogen) atoms. The first-order valence-corrected chi connectivity index (χ1v) is 7.45. The van der Waals surface area contributed by atoms with E-state index in [1.165, 1.54) is 17.4 Å². The molecule has 1 heterocycles. The van der Waals surface area contributed by atoms with E-state index in [4.69, 9.17) is 5.73 Å². The molecule has 0 aliphatic carbocycles. The van der Waals surface area contributed by atoms with Gasteiger partial charge in [0.25, 0.3) is 0 Å². The van der Waals surface area contributed by atoms with Gasteiger partial charge in [0.15, 0.2) is 5.82 Å². The highest BCUT2D eigenvalue weighted by Gasteiger charge is 2.24. The fourth-order valence-electron chi connectivity index (χ4n) is 1.81. The standard InChI is InChI=1S/C12H17N5O2S/c1-8-4-5-11(10(13)6-8)20(18,19)17(3)7-12-14-9(2)15-16-12/h4-6H,7,13H2,1-3H3,(H,14,15,16).